The first kappa shape index (κ1) is 19.9. The molecule has 7 heteroatoms. The zero-order chi connectivity index (χ0) is 19.4. The average molecular weight is 390 g/mol. The third kappa shape index (κ3) is 5.32. The topological polar surface area (TPSA) is 73.2 Å². The quantitative estimate of drug-likeness (QED) is 0.405. The molecule has 0 spiro atoms. The van der Waals surface area contributed by atoms with Crippen molar-refractivity contribution in [1.82, 2.24) is 14.9 Å². The number of carbonyl (C=O) groups is 1. The molecular formula is C20H27N3O3S. The lowest BCUT2D eigenvalue weighted by Crippen LogP contribution is -2.33. The molecule has 0 unspecified atom stereocenters. The molecule has 0 saturated heterocycles. The van der Waals surface area contributed by atoms with Crippen LogP contribution >= 0.6 is 11.8 Å². The van der Waals surface area contributed by atoms with Gasteiger partial charge in [0.1, 0.15) is 0 Å². The molecule has 0 aliphatic heterocycles. The smallest absolute Gasteiger partial charge is 0.262 e. The van der Waals surface area contributed by atoms with Gasteiger partial charge in [-0.1, -0.05) is 23.9 Å². The molecule has 2 aromatic rings. The number of nitrogens with one attached hydrogen (secondary N) is 1. The highest BCUT2D eigenvalue weighted by molar-refractivity contribution is 8.00. The number of carbonyl (C=O) groups excluding carboxylic acids is 1. The van der Waals surface area contributed by atoms with E-state index in [1.807, 2.05) is 39.0 Å². The minimum atomic E-state index is -0.308. The fourth-order valence-electron chi connectivity index (χ4n) is 2.73. The molecule has 1 saturated carbocycles. The second kappa shape index (κ2) is 8.89. The first-order valence-corrected chi connectivity index (χ1v) is 10.4. The van der Waals surface area contributed by atoms with Crippen molar-refractivity contribution in [3.63, 3.8) is 0 Å². The fourth-order valence-corrected chi connectivity index (χ4v) is 3.68. The van der Waals surface area contributed by atoms with E-state index in [-0.39, 0.29) is 22.8 Å². The molecule has 1 fully saturated rings. The maximum Gasteiger partial charge on any atom is 0.262 e. The number of thioether (sulfide) groups is 1. The molecule has 1 aromatic heterocycles. The third-order valence-corrected chi connectivity index (χ3v) is 5.47. The summed E-state index contributed by atoms with van der Waals surface area (Å²) >= 11 is 1.34. The predicted molar refractivity (Wildman–Crippen MR) is 108 cm³/mol. The second-order valence-electron chi connectivity index (χ2n) is 7.18. The van der Waals surface area contributed by atoms with Crippen LogP contribution in [-0.4, -0.2) is 39.5 Å². The molecule has 1 heterocycles. The summed E-state index contributed by atoms with van der Waals surface area (Å²) in [6.45, 7) is 6.94. The van der Waals surface area contributed by atoms with Gasteiger partial charge in [-0.25, -0.2) is 4.98 Å². The number of benzene rings is 1. The highest BCUT2D eigenvalue weighted by atomic mass is 32.2. The molecular weight excluding hydrogens is 362 g/mol. The van der Waals surface area contributed by atoms with Crippen LogP contribution in [0, 0.1) is 0 Å². The van der Waals surface area contributed by atoms with Crippen LogP contribution in [0.4, 0.5) is 0 Å². The van der Waals surface area contributed by atoms with E-state index in [1.54, 1.807) is 10.6 Å². The average Bonchev–Trinajstić information content (AvgIpc) is 3.44. The number of ether oxygens (including phenoxy) is 1. The Labute approximate surface area is 163 Å². The zero-order valence-electron chi connectivity index (χ0n) is 16.1. The lowest BCUT2D eigenvalue weighted by molar-refractivity contribution is -0.120. The highest BCUT2D eigenvalue weighted by Gasteiger charge is 2.27. The maximum absolute atomic E-state index is 13.0. The van der Waals surface area contributed by atoms with Gasteiger partial charge in [0.05, 0.1) is 22.3 Å². The molecule has 0 bridgehead atoms. The monoisotopic (exact) mass is 389 g/mol. The van der Waals surface area contributed by atoms with Gasteiger partial charge in [0.15, 0.2) is 5.16 Å². The number of amides is 1. The maximum atomic E-state index is 13.0. The van der Waals surface area contributed by atoms with Gasteiger partial charge in [-0.2, -0.15) is 0 Å². The van der Waals surface area contributed by atoms with Crippen LogP contribution in [0.15, 0.2) is 34.2 Å². The summed E-state index contributed by atoms with van der Waals surface area (Å²) in [7, 11) is 0. The van der Waals surface area contributed by atoms with Crippen LogP contribution in [0.2, 0.25) is 0 Å². The van der Waals surface area contributed by atoms with Gasteiger partial charge in [-0.15, -0.1) is 0 Å². The molecule has 1 aliphatic carbocycles. The van der Waals surface area contributed by atoms with Crippen molar-refractivity contribution < 1.29 is 9.53 Å². The number of rotatable bonds is 9. The van der Waals surface area contributed by atoms with Crippen molar-refractivity contribution >= 4 is 28.6 Å². The number of hydrogen-bond acceptors (Lipinski definition) is 5. The van der Waals surface area contributed by atoms with E-state index in [1.165, 1.54) is 11.8 Å². The van der Waals surface area contributed by atoms with Crippen LogP contribution in [0.5, 0.6) is 0 Å². The van der Waals surface area contributed by atoms with Gasteiger partial charge in [-0.05, 0) is 52.2 Å². The number of hydrogen-bond donors (Lipinski definition) is 1. The van der Waals surface area contributed by atoms with Crippen LogP contribution in [-0.2, 0) is 16.1 Å². The first-order chi connectivity index (χ1) is 13.0. The molecule has 27 heavy (non-hydrogen) atoms. The van der Waals surface area contributed by atoms with Gasteiger partial charge in [0, 0.05) is 19.2 Å². The van der Waals surface area contributed by atoms with Gasteiger partial charge < -0.3 is 10.1 Å². The van der Waals surface area contributed by atoms with Crippen molar-refractivity contribution in [3.8, 4) is 0 Å². The molecule has 1 amide bonds. The number of para-hydroxylation sites is 1. The fraction of sp³-hybridized carbons (Fsp3) is 0.550. The normalized spacial score (nSPS) is 15.3. The number of aromatic nitrogens is 2. The van der Waals surface area contributed by atoms with Crippen molar-refractivity contribution in [3.05, 3.63) is 34.6 Å². The summed E-state index contributed by atoms with van der Waals surface area (Å²) in [5, 5.41) is 3.89. The Morgan fingerprint density at radius 1 is 1.33 bits per heavy atom. The first-order valence-electron chi connectivity index (χ1n) is 9.54. The lowest BCUT2D eigenvalue weighted by Gasteiger charge is -2.16. The van der Waals surface area contributed by atoms with E-state index in [4.69, 9.17) is 4.74 Å². The molecule has 1 aliphatic rings. The standard InChI is InChI=1S/C20H27N3O3S/c1-13(2)26-12-6-11-23-19(25)16-7-4-5-8-17(16)22-20(23)27-14(3)18(24)21-15-9-10-15/h4-5,7-8,13-15H,6,9-12H2,1-3H3,(H,21,24)/t14-/m1/s1. The van der Waals surface area contributed by atoms with Crippen molar-refractivity contribution in [1.29, 1.82) is 0 Å². The summed E-state index contributed by atoms with van der Waals surface area (Å²) in [4.78, 5) is 30.0. The highest BCUT2D eigenvalue weighted by Crippen LogP contribution is 2.25. The van der Waals surface area contributed by atoms with Gasteiger partial charge in [0.2, 0.25) is 5.91 Å². The summed E-state index contributed by atoms with van der Waals surface area (Å²) in [5.74, 6) is -0.000372. The number of nitrogens with zero attached hydrogens (tertiary/aromatic N) is 2. The Morgan fingerprint density at radius 3 is 2.78 bits per heavy atom. The van der Waals surface area contributed by atoms with Crippen LogP contribution < -0.4 is 10.9 Å². The van der Waals surface area contributed by atoms with Crippen molar-refractivity contribution in [2.75, 3.05) is 6.61 Å². The Morgan fingerprint density at radius 2 is 2.07 bits per heavy atom. The molecule has 146 valence electrons. The van der Waals surface area contributed by atoms with Crippen LogP contribution in [0.1, 0.15) is 40.0 Å². The Kier molecular flexibility index (Phi) is 6.55. The van der Waals surface area contributed by atoms with Crippen molar-refractivity contribution in [2.45, 2.75) is 69.1 Å². The minimum Gasteiger partial charge on any atom is -0.379 e. The molecule has 1 N–H and O–H groups in total. The van der Waals surface area contributed by atoms with E-state index >= 15 is 0 Å². The van der Waals surface area contributed by atoms with Crippen LogP contribution in [0.3, 0.4) is 0 Å². The lowest BCUT2D eigenvalue weighted by atomic mass is 10.2. The van der Waals surface area contributed by atoms with Gasteiger partial charge >= 0.3 is 0 Å². The van der Waals surface area contributed by atoms with Crippen molar-refractivity contribution in [2.24, 2.45) is 0 Å². The Bertz CT molecular complexity index is 861. The molecule has 3 rings (SSSR count). The van der Waals surface area contributed by atoms with E-state index in [0.717, 1.165) is 12.8 Å². The second-order valence-corrected chi connectivity index (χ2v) is 8.49. The van der Waals surface area contributed by atoms with E-state index in [0.29, 0.717) is 41.7 Å². The number of fused-ring (bicyclic) bond motifs is 1. The van der Waals surface area contributed by atoms with E-state index in [9.17, 15) is 9.59 Å². The summed E-state index contributed by atoms with van der Waals surface area (Å²) in [6.07, 6.45) is 2.99. The van der Waals surface area contributed by atoms with Gasteiger partial charge in [0.25, 0.3) is 5.56 Å². The van der Waals surface area contributed by atoms with Crippen LogP contribution in [0.25, 0.3) is 10.9 Å². The largest absolute Gasteiger partial charge is 0.379 e. The summed E-state index contributed by atoms with van der Waals surface area (Å²) in [5.41, 5.74) is 0.594. The minimum absolute atomic E-state index is 0.000372. The molecule has 6 nitrogen and oxygen atoms in total. The zero-order valence-corrected chi connectivity index (χ0v) is 16.9. The summed E-state index contributed by atoms with van der Waals surface area (Å²) < 4.78 is 7.27. The predicted octanol–water partition coefficient (Wildman–Crippen LogP) is 2.97. The SMILES string of the molecule is CC(C)OCCCn1c(S[C@H](C)C(=O)NC2CC2)nc2ccccc2c1=O. The van der Waals surface area contributed by atoms with E-state index < -0.39 is 0 Å². The molecule has 1 atom stereocenters. The van der Waals surface area contributed by atoms with E-state index in [2.05, 4.69) is 10.3 Å². The molecule has 0 radical (unpaired) electrons. The molecule has 1 aromatic carbocycles. The third-order valence-electron chi connectivity index (χ3n) is 4.38. The summed E-state index contributed by atoms with van der Waals surface area (Å²) in [6, 6.07) is 7.66. The Balaban J connectivity index is 1.82. The Hall–Kier alpha value is -1.86. The van der Waals surface area contributed by atoms with Gasteiger partial charge in [-0.3, -0.25) is 14.2 Å².